The van der Waals surface area contributed by atoms with Gasteiger partial charge in [-0.05, 0) is 30.7 Å². The molecule has 29 heavy (non-hydrogen) atoms. The Labute approximate surface area is 168 Å². The van der Waals surface area contributed by atoms with Crippen molar-refractivity contribution < 1.29 is 4.79 Å². The smallest absolute Gasteiger partial charge is 0.279 e. The van der Waals surface area contributed by atoms with Crippen molar-refractivity contribution in [1.82, 2.24) is 9.78 Å². The van der Waals surface area contributed by atoms with E-state index >= 15 is 0 Å². The fourth-order valence-corrected chi connectivity index (χ4v) is 3.36. The third-order valence-corrected chi connectivity index (χ3v) is 4.93. The normalized spacial score (nSPS) is 10.8. The van der Waals surface area contributed by atoms with Crippen LogP contribution in [0.5, 0.6) is 0 Å². The Morgan fingerprint density at radius 1 is 0.897 bits per heavy atom. The number of fused-ring (bicyclic) bond motifs is 1. The average Bonchev–Trinajstić information content (AvgIpc) is 2.76. The molecule has 0 spiro atoms. The number of aryl methyl sites for hydroxylation is 2. The van der Waals surface area contributed by atoms with Crippen LogP contribution in [0.25, 0.3) is 10.8 Å². The molecule has 0 aliphatic heterocycles. The largest absolute Gasteiger partial charge is 0.303 e. The summed E-state index contributed by atoms with van der Waals surface area (Å²) < 4.78 is 1.23. The number of carbonyl (C=O) groups is 1. The van der Waals surface area contributed by atoms with E-state index < -0.39 is 0 Å². The van der Waals surface area contributed by atoms with Gasteiger partial charge in [-0.25, -0.2) is 4.68 Å². The van der Waals surface area contributed by atoms with Gasteiger partial charge in [-0.3, -0.25) is 9.59 Å². The van der Waals surface area contributed by atoms with Crippen LogP contribution >= 0.6 is 0 Å². The number of anilines is 1. The first-order valence-electron chi connectivity index (χ1n) is 9.43. The lowest BCUT2D eigenvalue weighted by molar-refractivity contribution is 0.0980. The van der Waals surface area contributed by atoms with Crippen molar-refractivity contribution in [1.29, 1.82) is 0 Å². The zero-order valence-corrected chi connectivity index (χ0v) is 16.4. The summed E-state index contributed by atoms with van der Waals surface area (Å²) in [4.78, 5) is 27.8. The predicted molar refractivity (Wildman–Crippen MR) is 115 cm³/mol. The molecular formula is C24H21N3O2. The van der Waals surface area contributed by atoms with Crippen molar-refractivity contribution in [2.75, 3.05) is 4.90 Å². The molecule has 0 aliphatic rings. The Bertz CT molecular complexity index is 1230. The van der Waals surface area contributed by atoms with Gasteiger partial charge in [-0.15, -0.1) is 0 Å². The summed E-state index contributed by atoms with van der Waals surface area (Å²) in [6, 6.07) is 24.7. The third-order valence-electron chi connectivity index (χ3n) is 4.93. The zero-order chi connectivity index (χ0) is 20.4. The van der Waals surface area contributed by atoms with Crippen LogP contribution in [0.2, 0.25) is 0 Å². The van der Waals surface area contributed by atoms with E-state index in [1.54, 1.807) is 30.1 Å². The van der Waals surface area contributed by atoms with Gasteiger partial charge in [0.05, 0.1) is 11.9 Å². The fourth-order valence-electron chi connectivity index (χ4n) is 3.36. The van der Waals surface area contributed by atoms with Crippen molar-refractivity contribution in [3.8, 4) is 0 Å². The van der Waals surface area contributed by atoms with Crippen molar-refractivity contribution in [2.24, 2.45) is 7.05 Å². The molecule has 0 atom stereocenters. The molecule has 3 aromatic carbocycles. The third kappa shape index (κ3) is 3.67. The second kappa shape index (κ2) is 7.72. The van der Waals surface area contributed by atoms with Gasteiger partial charge in [0.25, 0.3) is 11.5 Å². The minimum absolute atomic E-state index is 0.220. The standard InChI is InChI=1S/C24H21N3O2/c1-17-12-14-19(15-13-17)27(16-18-8-4-3-5-9-18)24(29)22-20-10-6-7-11-21(20)23(28)26(2)25-22/h3-15H,16H2,1-2H3. The van der Waals surface area contributed by atoms with Crippen molar-refractivity contribution in [3.63, 3.8) is 0 Å². The first-order chi connectivity index (χ1) is 14.0. The molecule has 0 saturated heterocycles. The van der Waals surface area contributed by atoms with E-state index in [0.717, 1.165) is 16.8 Å². The molecule has 0 saturated carbocycles. The van der Waals surface area contributed by atoms with Crippen molar-refractivity contribution in [3.05, 3.63) is 106 Å². The average molecular weight is 383 g/mol. The zero-order valence-electron chi connectivity index (χ0n) is 16.4. The number of benzene rings is 3. The van der Waals surface area contributed by atoms with Crippen molar-refractivity contribution >= 4 is 22.4 Å². The van der Waals surface area contributed by atoms with Crippen LogP contribution in [0.4, 0.5) is 5.69 Å². The first-order valence-corrected chi connectivity index (χ1v) is 9.43. The van der Waals surface area contributed by atoms with Gasteiger partial charge in [-0.1, -0.05) is 66.2 Å². The van der Waals surface area contributed by atoms with E-state index in [-0.39, 0.29) is 17.2 Å². The maximum Gasteiger partial charge on any atom is 0.279 e. The molecule has 0 unspecified atom stereocenters. The lowest BCUT2D eigenvalue weighted by Crippen LogP contribution is -2.33. The highest BCUT2D eigenvalue weighted by Gasteiger charge is 2.23. The molecule has 5 heteroatoms. The Morgan fingerprint density at radius 2 is 1.52 bits per heavy atom. The monoisotopic (exact) mass is 383 g/mol. The van der Waals surface area contributed by atoms with E-state index in [0.29, 0.717) is 17.3 Å². The van der Waals surface area contributed by atoms with E-state index in [1.807, 2.05) is 67.6 Å². The lowest BCUT2D eigenvalue weighted by Gasteiger charge is -2.23. The highest BCUT2D eigenvalue weighted by molar-refractivity contribution is 6.12. The predicted octanol–water partition coefficient (Wildman–Crippen LogP) is 4.09. The van der Waals surface area contributed by atoms with Gasteiger partial charge >= 0.3 is 0 Å². The quantitative estimate of drug-likeness (QED) is 0.533. The summed E-state index contributed by atoms with van der Waals surface area (Å²) in [6.07, 6.45) is 0. The topological polar surface area (TPSA) is 55.2 Å². The minimum Gasteiger partial charge on any atom is -0.303 e. The maximum absolute atomic E-state index is 13.7. The fraction of sp³-hybridized carbons (Fsp3) is 0.125. The summed E-state index contributed by atoms with van der Waals surface area (Å²) in [5.74, 6) is -0.246. The van der Waals surface area contributed by atoms with Crippen LogP contribution in [0.1, 0.15) is 21.6 Å². The van der Waals surface area contributed by atoms with Crippen LogP contribution in [0.3, 0.4) is 0 Å². The lowest BCUT2D eigenvalue weighted by atomic mass is 10.1. The summed E-state index contributed by atoms with van der Waals surface area (Å²) in [5, 5.41) is 5.36. The van der Waals surface area contributed by atoms with E-state index in [2.05, 4.69) is 5.10 Å². The number of aromatic nitrogens is 2. The second-order valence-electron chi connectivity index (χ2n) is 7.04. The molecule has 1 amide bonds. The van der Waals surface area contributed by atoms with E-state index in [9.17, 15) is 9.59 Å². The highest BCUT2D eigenvalue weighted by atomic mass is 16.2. The molecule has 0 radical (unpaired) electrons. The van der Waals surface area contributed by atoms with Gasteiger partial charge < -0.3 is 4.90 Å². The maximum atomic E-state index is 13.7. The van der Waals surface area contributed by atoms with Crippen LogP contribution in [-0.4, -0.2) is 15.7 Å². The summed E-state index contributed by atoms with van der Waals surface area (Å²) in [5.41, 5.74) is 2.95. The Kier molecular flexibility index (Phi) is 4.96. The van der Waals surface area contributed by atoms with Gasteiger partial charge in [0, 0.05) is 18.1 Å². The van der Waals surface area contributed by atoms with Crippen LogP contribution in [0.15, 0.2) is 83.7 Å². The molecule has 4 rings (SSSR count). The second-order valence-corrected chi connectivity index (χ2v) is 7.04. The molecule has 0 aliphatic carbocycles. The van der Waals surface area contributed by atoms with Crippen LogP contribution < -0.4 is 10.5 Å². The molecule has 5 nitrogen and oxygen atoms in total. The Hall–Kier alpha value is -3.73. The number of nitrogens with zero attached hydrogens (tertiary/aromatic N) is 3. The van der Waals surface area contributed by atoms with Gasteiger partial charge in [0.2, 0.25) is 0 Å². The molecule has 4 aromatic rings. The van der Waals surface area contributed by atoms with Crippen LogP contribution in [0, 0.1) is 6.92 Å². The summed E-state index contributed by atoms with van der Waals surface area (Å²) in [6.45, 7) is 2.41. The number of hydrogen-bond acceptors (Lipinski definition) is 3. The number of hydrogen-bond donors (Lipinski definition) is 0. The number of rotatable bonds is 4. The Balaban J connectivity index is 1.86. The van der Waals surface area contributed by atoms with Gasteiger partial charge in [-0.2, -0.15) is 5.10 Å². The minimum atomic E-state index is -0.246. The van der Waals surface area contributed by atoms with E-state index in [1.165, 1.54) is 4.68 Å². The summed E-state index contributed by atoms with van der Waals surface area (Å²) >= 11 is 0. The van der Waals surface area contributed by atoms with Gasteiger partial charge in [0.15, 0.2) is 5.69 Å². The van der Waals surface area contributed by atoms with Crippen molar-refractivity contribution in [2.45, 2.75) is 13.5 Å². The molecule has 0 fully saturated rings. The molecule has 0 N–H and O–H groups in total. The Morgan fingerprint density at radius 3 is 2.21 bits per heavy atom. The number of carbonyl (C=O) groups excluding carboxylic acids is 1. The first kappa shape index (κ1) is 18.6. The molecular weight excluding hydrogens is 362 g/mol. The highest BCUT2D eigenvalue weighted by Crippen LogP contribution is 2.23. The van der Waals surface area contributed by atoms with Gasteiger partial charge in [0.1, 0.15) is 0 Å². The van der Waals surface area contributed by atoms with Crippen LogP contribution in [-0.2, 0) is 13.6 Å². The molecule has 1 aromatic heterocycles. The molecule has 0 bridgehead atoms. The SMILES string of the molecule is Cc1ccc(N(Cc2ccccc2)C(=O)c2nn(C)c(=O)c3ccccc23)cc1. The molecule has 144 valence electrons. The summed E-state index contributed by atoms with van der Waals surface area (Å²) in [7, 11) is 1.57. The van der Waals surface area contributed by atoms with E-state index in [4.69, 9.17) is 0 Å². The number of amides is 1. The molecule has 1 heterocycles.